The number of hydrogen-bond acceptors (Lipinski definition) is 4. The number of halogens is 1. The number of aryl methyl sites for hydroxylation is 1. The zero-order valence-electron chi connectivity index (χ0n) is 5.97. The maximum atomic E-state index is 10.3. The summed E-state index contributed by atoms with van der Waals surface area (Å²) in [5.41, 5.74) is 0. The van der Waals surface area contributed by atoms with Gasteiger partial charge in [-0.1, -0.05) is 0 Å². The Morgan fingerprint density at radius 3 is 2.92 bits per heavy atom. The highest BCUT2D eigenvalue weighted by Gasteiger charge is 2.17. The van der Waals surface area contributed by atoms with Gasteiger partial charge in [0.05, 0.1) is 17.8 Å². The SMILES string of the molecule is O=[N+]([O-])c1nn(CCS)cc1Br. The van der Waals surface area contributed by atoms with Crippen molar-refractivity contribution in [3.05, 3.63) is 20.8 Å². The Morgan fingerprint density at radius 2 is 2.50 bits per heavy atom. The van der Waals surface area contributed by atoms with E-state index >= 15 is 0 Å². The summed E-state index contributed by atoms with van der Waals surface area (Å²) in [5, 5.41) is 14.0. The van der Waals surface area contributed by atoms with Crippen LogP contribution in [0.25, 0.3) is 0 Å². The van der Waals surface area contributed by atoms with Crippen molar-refractivity contribution in [2.24, 2.45) is 0 Å². The molecule has 1 heterocycles. The predicted octanol–water partition coefficient (Wildman–Crippen LogP) is 1.48. The molecule has 5 nitrogen and oxygen atoms in total. The molecule has 0 aliphatic heterocycles. The van der Waals surface area contributed by atoms with E-state index in [1.165, 1.54) is 4.68 Å². The summed E-state index contributed by atoms with van der Waals surface area (Å²) in [7, 11) is 0. The van der Waals surface area contributed by atoms with Gasteiger partial charge in [0.15, 0.2) is 0 Å². The molecule has 0 N–H and O–H groups in total. The first-order valence-corrected chi connectivity index (χ1v) is 4.56. The molecule has 0 aliphatic carbocycles. The quantitative estimate of drug-likeness (QED) is 0.503. The molecule has 66 valence electrons. The minimum Gasteiger partial charge on any atom is -0.358 e. The fourth-order valence-electron chi connectivity index (χ4n) is 0.728. The van der Waals surface area contributed by atoms with Gasteiger partial charge in [-0.25, -0.2) is 0 Å². The van der Waals surface area contributed by atoms with Crippen molar-refractivity contribution in [3.63, 3.8) is 0 Å². The van der Waals surface area contributed by atoms with Crippen molar-refractivity contribution in [1.29, 1.82) is 0 Å². The molecule has 12 heavy (non-hydrogen) atoms. The Bertz CT molecular complexity index is 301. The molecule has 1 aromatic rings. The Labute approximate surface area is 82.4 Å². The first-order chi connectivity index (χ1) is 5.65. The lowest BCUT2D eigenvalue weighted by molar-refractivity contribution is -0.390. The van der Waals surface area contributed by atoms with E-state index in [4.69, 9.17) is 0 Å². The lowest BCUT2D eigenvalue weighted by atomic mass is 10.6. The van der Waals surface area contributed by atoms with Gasteiger partial charge in [-0.15, -0.1) is 0 Å². The van der Waals surface area contributed by atoms with Crippen LogP contribution in [-0.2, 0) is 6.54 Å². The van der Waals surface area contributed by atoms with Crippen molar-refractivity contribution in [1.82, 2.24) is 9.78 Å². The van der Waals surface area contributed by atoms with Gasteiger partial charge < -0.3 is 10.1 Å². The Kier molecular flexibility index (Phi) is 3.10. The molecule has 0 aliphatic rings. The molecule has 0 aromatic carbocycles. The first kappa shape index (κ1) is 9.53. The molecule has 0 amide bonds. The van der Waals surface area contributed by atoms with Crippen LogP contribution in [0.2, 0.25) is 0 Å². The van der Waals surface area contributed by atoms with Gasteiger partial charge in [0.1, 0.15) is 4.47 Å². The molecule has 1 rings (SSSR count). The second-order valence-corrected chi connectivity index (χ2v) is 3.35. The van der Waals surface area contributed by atoms with Crippen molar-refractivity contribution < 1.29 is 4.92 Å². The molecule has 0 saturated heterocycles. The van der Waals surface area contributed by atoms with Gasteiger partial charge in [0.25, 0.3) is 0 Å². The average Bonchev–Trinajstić information content (AvgIpc) is 2.32. The molecule has 0 unspecified atom stereocenters. The summed E-state index contributed by atoms with van der Waals surface area (Å²) in [6.45, 7) is 0.565. The van der Waals surface area contributed by atoms with Crippen molar-refractivity contribution >= 4 is 34.4 Å². The number of nitrogens with zero attached hydrogens (tertiary/aromatic N) is 3. The van der Waals surface area contributed by atoms with Crippen LogP contribution in [0.4, 0.5) is 5.82 Å². The maximum Gasteiger partial charge on any atom is 0.404 e. The lowest BCUT2D eigenvalue weighted by Crippen LogP contribution is -2.00. The van der Waals surface area contributed by atoms with Crippen LogP contribution < -0.4 is 0 Å². The summed E-state index contributed by atoms with van der Waals surface area (Å²) < 4.78 is 1.88. The fraction of sp³-hybridized carbons (Fsp3) is 0.400. The van der Waals surface area contributed by atoms with Gasteiger partial charge in [-0.05, 0) is 20.9 Å². The molecule has 0 spiro atoms. The van der Waals surface area contributed by atoms with Crippen LogP contribution in [0.5, 0.6) is 0 Å². The van der Waals surface area contributed by atoms with Crippen LogP contribution in [0, 0.1) is 10.1 Å². The second-order valence-electron chi connectivity index (χ2n) is 2.04. The molecular formula is C5H6BrN3O2S. The van der Waals surface area contributed by atoms with Gasteiger partial charge in [-0.2, -0.15) is 17.3 Å². The van der Waals surface area contributed by atoms with Crippen molar-refractivity contribution in [3.8, 4) is 0 Å². The fourth-order valence-corrected chi connectivity index (χ4v) is 1.39. The van der Waals surface area contributed by atoms with Crippen LogP contribution in [0.3, 0.4) is 0 Å². The van der Waals surface area contributed by atoms with Gasteiger partial charge in [-0.3, -0.25) is 0 Å². The van der Waals surface area contributed by atoms with E-state index in [1.54, 1.807) is 6.20 Å². The van der Waals surface area contributed by atoms with Crippen LogP contribution in [0.15, 0.2) is 10.7 Å². The molecule has 7 heteroatoms. The Hall–Kier alpha value is -0.560. The smallest absolute Gasteiger partial charge is 0.358 e. The third-order valence-corrected chi connectivity index (χ3v) is 1.96. The van der Waals surface area contributed by atoms with Crippen molar-refractivity contribution in [2.75, 3.05) is 5.75 Å². The molecular weight excluding hydrogens is 246 g/mol. The molecule has 1 aromatic heterocycles. The number of aromatic nitrogens is 2. The van der Waals surface area contributed by atoms with E-state index in [0.29, 0.717) is 16.8 Å². The third kappa shape index (κ3) is 1.98. The van der Waals surface area contributed by atoms with E-state index < -0.39 is 4.92 Å². The highest BCUT2D eigenvalue weighted by atomic mass is 79.9. The summed E-state index contributed by atoms with van der Waals surface area (Å²) in [6.07, 6.45) is 1.56. The molecule has 0 atom stereocenters. The summed E-state index contributed by atoms with van der Waals surface area (Å²) >= 11 is 7.02. The van der Waals surface area contributed by atoms with E-state index in [-0.39, 0.29) is 5.82 Å². The van der Waals surface area contributed by atoms with Gasteiger partial charge >= 0.3 is 5.82 Å². The number of hydrogen-bond donors (Lipinski definition) is 1. The topological polar surface area (TPSA) is 61.0 Å². The van der Waals surface area contributed by atoms with E-state index in [2.05, 4.69) is 33.7 Å². The summed E-state index contributed by atoms with van der Waals surface area (Å²) in [5.74, 6) is 0.447. The zero-order chi connectivity index (χ0) is 9.14. The van der Waals surface area contributed by atoms with Crippen LogP contribution in [0.1, 0.15) is 0 Å². The Balaban J connectivity index is 2.92. The summed E-state index contributed by atoms with van der Waals surface area (Å²) in [6, 6.07) is 0. The lowest BCUT2D eigenvalue weighted by Gasteiger charge is -1.87. The second kappa shape index (κ2) is 3.90. The first-order valence-electron chi connectivity index (χ1n) is 3.13. The van der Waals surface area contributed by atoms with Gasteiger partial charge in [0.2, 0.25) is 0 Å². The molecule has 0 radical (unpaired) electrons. The highest BCUT2D eigenvalue weighted by Crippen LogP contribution is 2.21. The number of rotatable bonds is 3. The Morgan fingerprint density at radius 1 is 1.83 bits per heavy atom. The van der Waals surface area contributed by atoms with Crippen molar-refractivity contribution in [2.45, 2.75) is 6.54 Å². The number of nitro groups is 1. The number of thiol groups is 1. The van der Waals surface area contributed by atoms with E-state index in [9.17, 15) is 10.1 Å². The predicted molar refractivity (Wildman–Crippen MR) is 50.4 cm³/mol. The van der Waals surface area contributed by atoms with E-state index in [0.717, 1.165) is 0 Å². The largest absolute Gasteiger partial charge is 0.404 e. The van der Waals surface area contributed by atoms with Gasteiger partial charge in [0, 0.05) is 5.75 Å². The molecule has 0 fully saturated rings. The maximum absolute atomic E-state index is 10.3. The summed E-state index contributed by atoms with van der Waals surface area (Å²) in [4.78, 5) is 9.79. The highest BCUT2D eigenvalue weighted by molar-refractivity contribution is 9.10. The molecule has 0 bridgehead atoms. The average molecular weight is 252 g/mol. The minimum atomic E-state index is -0.529. The van der Waals surface area contributed by atoms with Crippen LogP contribution >= 0.6 is 28.6 Å². The third-order valence-electron chi connectivity index (χ3n) is 1.20. The molecule has 0 saturated carbocycles. The zero-order valence-corrected chi connectivity index (χ0v) is 8.46. The minimum absolute atomic E-state index is 0.156. The normalized spacial score (nSPS) is 10.2. The monoisotopic (exact) mass is 251 g/mol. The van der Waals surface area contributed by atoms with Crippen LogP contribution in [-0.4, -0.2) is 20.5 Å². The standard InChI is InChI=1S/C5H6BrN3O2S/c6-4-3-8(1-2-12)7-5(4)9(10)11/h3,12H,1-2H2. The van der Waals surface area contributed by atoms with E-state index in [1.807, 2.05) is 0 Å².